The van der Waals surface area contributed by atoms with Crippen molar-refractivity contribution >= 4 is 17.7 Å². The highest BCUT2D eigenvalue weighted by Gasteiger charge is 2.41. The molecule has 8 nitrogen and oxygen atoms in total. The molecule has 0 N–H and O–H groups in total. The molecule has 3 aliphatic rings. The Hall–Kier alpha value is -3.29. The number of aromatic nitrogens is 1. The Balaban J connectivity index is 1.56. The summed E-state index contributed by atoms with van der Waals surface area (Å²) in [6.45, 7) is 13.9. The number of aryl methyl sites for hydroxylation is 1. The van der Waals surface area contributed by atoms with E-state index >= 15 is 0 Å². The number of anilines is 1. The number of fused-ring (bicyclic) bond motifs is 4. The lowest BCUT2D eigenvalue weighted by Gasteiger charge is -2.39. The van der Waals surface area contributed by atoms with Gasteiger partial charge in [0.05, 0.1) is 30.1 Å². The Morgan fingerprint density at radius 3 is 2.51 bits per heavy atom. The third-order valence-corrected chi connectivity index (χ3v) is 8.08. The minimum Gasteiger partial charge on any atom is -0.465 e. The Morgan fingerprint density at radius 2 is 1.84 bits per heavy atom. The van der Waals surface area contributed by atoms with Gasteiger partial charge in [0, 0.05) is 62.2 Å². The predicted octanol–water partition coefficient (Wildman–Crippen LogP) is 3.95. The lowest BCUT2D eigenvalue weighted by atomic mass is 9.85. The normalized spacial score (nSPS) is 20.9. The maximum Gasteiger partial charge on any atom is 0.339 e. The minimum absolute atomic E-state index is 0.00160. The third kappa shape index (κ3) is 4.40. The number of benzene rings is 1. The van der Waals surface area contributed by atoms with Crippen molar-refractivity contribution in [1.29, 1.82) is 0 Å². The van der Waals surface area contributed by atoms with Crippen LogP contribution in [0.5, 0.6) is 0 Å². The van der Waals surface area contributed by atoms with Gasteiger partial charge in [-0.15, -0.1) is 0 Å². The Kier molecular flexibility index (Phi) is 6.54. The number of amides is 2. The lowest BCUT2D eigenvalue weighted by Crippen LogP contribution is -2.52. The highest BCUT2D eigenvalue weighted by Crippen LogP contribution is 2.41. The van der Waals surface area contributed by atoms with Crippen LogP contribution in [0.2, 0.25) is 0 Å². The molecule has 8 heteroatoms. The number of hydrogen-bond acceptors (Lipinski definition) is 5. The SMILES string of the molecule is COC(=O)c1cc2c(cc1N1CCN3C(=O)N(CC(C)C)C[C@@H]3C1)CC(C(C)C)n1cc(C)c(=O)cc1-2. The standard InChI is InChI=1S/C29H38N4O4/c1-17(2)13-31-16-21-15-30(7-8-32(21)29(31)36)25-10-20-9-24(18(3)4)33-14-19(5)27(34)12-26(33)22(20)11-23(25)28(35)37-6/h10-12,14,17-18,21,24H,7-9,13,15-16H2,1-6H3/t21-,24?/m0/s1. The average molecular weight is 507 g/mol. The number of hydrogen-bond donors (Lipinski definition) is 0. The molecule has 2 aromatic rings. The van der Waals surface area contributed by atoms with Crippen molar-refractivity contribution in [3.05, 3.63) is 51.3 Å². The summed E-state index contributed by atoms with van der Waals surface area (Å²) in [6, 6.07) is 6.16. The van der Waals surface area contributed by atoms with E-state index in [0.29, 0.717) is 43.6 Å². The second kappa shape index (κ2) is 9.54. The topological polar surface area (TPSA) is 75.1 Å². The van der Waals surface area contributed by atoms with Crippen molar-refractivity contribution in [2.24, 2.45) is 11.8 Å². The maximum absolute atomic E-state index is 13.0. The molecule has 3 aliphatic heterocycles. The fourth-order valence-electron chi connectivity index (χ4n) is 6.19. The molecule has 2 saturated heterocycles. The number of carbonyl (C=O) groups is 2. The van der Waals surface area contributed by atoms with E-state index in [1.165, 1.54) is 7.11 Å². The first-order valence-electron chi connectivity index (χ1n) is 13.4. The molecule has 1 aromatic carbocycles. The Bertz CT molecular complexity index is 1300. The van der Waals surface area contributed by atoms with E-state index in [-0.39, 0.29) is 23.5 Å². The summed E-state index contributed by atoms with van der Waals surface area (Å²) in [7, 11) is 1.40. The van der Waals surface area contributed by atoms with E-state index in [4.69, 9.17) is 4.74 Å². The number of pyridine rings is 1. The van der Waals surface area contributed by atoms with Crippen molar-refractivity contribution in [2.75, 3.05) is 44.7 Å². The van der Waals surface area contributed by atoms with Crippen molar-refractivity contribution in [2.45, 2.75) is 53.1 Å². The van der Waals surface area contributed by atoms with Crippen LogP contribution in [0.3, 0.4) is 0 Å². The molecule has 1 aromatic heterocycles. The summed E-state index contributed by atoms with van der Waals surface area (Å²) in [5.74, 6) is 0.398. The zero-order valence-corrected chi connectivity index (χ0v) is 22.8. The van der Waals surface area contributed by atoms with Crippen LogP contribution in [0.1, 0.15) is 55.2 Å². The molecule has 5 rings (SSSR count). The molecule has 0 aliphatic carbocycles. The van der Waals surface area contributed by atoms with Crippen LogP contribution in [0.25, 0.3) is 11.3 Å². The highest BCUT2D eigenvalue weighted by molar-refractivity contribution is 5.98. The van der Waals surface area contributed by atoms with E-state index in [1.54, 1.807) is 6.07 Å². The first-order valence-corrected chi connectivity index (χ1v) is 13.4. The van der Waals surface area contributed by atoms with Crippen molar-refractivity contribution in [3.8, 4) is 11.3 Å². The molecule has 37 heavy (non-hydrogen) atoms. The average Bonchev–Trinajstić information content (AvgIpc) is 3.16. The fraction of sp³-hybridized carbons (Fsp3) is 0.552. The number of piperazine rings is 1. The molecule has 0 radical (unpaired) electrons. The van der Waals surface area contributed by atoms with Crippen molar-refractivity contribution in [1.82, 2.24) is 14.4 Å². The van der Waals surface area contributed by atoms with Gasteiger partial charge in [-0.25, -0.2) is 9.59 Å². The van der Waals surface area contributed by atoms with Crippen LogP contribution < -0.4 is 10.3 Å². The zero-order valence-electron chi connectivity index (χ0n) is 22.8. The molecule has 0 saturated carbocycles. The summed E-state index contributed by atoms with van der Waals surface area (Å²) >= 11 is 0. The molecule has 0 bridgehead atoms. The fourth-order valence-corrected chi connectivity index (χ4v) is 6.19. The molecule has 2 atom stereocenters. The number of esters is 1. The summed E-state index contributed by atoms with van der Waals surface area (Å²) < 4.78 is 7.41. The molecule has 1 unspecified atom stereocenters. The van der Waals surface area contributed by atoms with Crippen LogP contribution in [0, 0.1) is 18.8 Å². The van der Waals surface area contributed by atoms with E-state index in [9.17, 15) is 14.4 Å². The van der Waals surface area contributed by atoms with Gasteiger partial charge in [-0.05, 0) is 42.9 Å². The van der Waals surface area contributed by atoms with E-state index < -0.39 is 5.97 Å². The molecular formula is C29H38N4O4. The number of carbonyl (C=O) groups excluding carboxylic acids is 2. The van der Waals surface area contributed by atoms with Gasteiger partial charge in [0.15, 0.2) is 5.43 Å². The van der Waals surface area contributed by atoms with Gasteiger partial charge in [0.1, 0.15) is 0 Å². The third-order valence-electron chi connectivity index (χ3n) is 8.08. The number of urea groups is 1. The van der Waals surface area contributed by atoms with Crippen LogP contribution in [-0.2, 0) is 11.2 Å². The summed E-state index contributed by atoms with van der Waals surface area (Å²) in [5.41, 5.74) is 4.97. The second-order valence-corrected chi connectivity index (χ2v) is 11.5. The summed E-state index contributed by atoms with van der Waals surface area (Å²) in [5, 5.41) is 0. The van der Waals surface area contributed by atoms with E-state index in [2.05, 4.69) is 43.2 Å². The largest absolute Gasteiger partial charge is 0.465 e. The van der Waals surface area contributed by atoms with Gasteiger partial charge in [-0.1, -0.05) is 27.7 Å². The van der Waals surface area contributed by atoms with Crippen molar-refractivity contribution in [3.63, 3.8) is 0 Å². The van der Waals surface area contributed by atoms with Crippen LogP contribution >= 0.6 is 0 Å². The highest BCUT2D eigenvalue weighted by atomic mass is 16.5. The molecule has 2 fully saturated rings. The number of rotatable bonds is 5. The van der Waals surface area contributed by atoms with Crippen LogP contribution in [0.15, 0.2) is 29.2 Å². The first-order chi connectivity index (χ1) is 17.6. The second-order valence-electron chi connectivity index (χ2n) is 11.5. The van der Waals surface area contributed by atoms with Gasteiger partial charge in [-0.2, -0.15) is 0 Å². The predicted molar refractivity (Wildman–Crippen MR) is 144 cm³/mol. The van der Waals surface area contributed by atoms with Gasteiger partial charge >= 0.3 is 12.0 Å². The lowest BCUT2D eigenvalue weighted by molar-refractivity contribution is 0.0601. The minimum atomic E-state index is -0.392. The summed E-state index contributed by atoms with van der Waals surface area (Å²) in [4.78, 5) is 44.8. The molecule has 198 valence electrons. The maximum atomic E-state index is 13.0. The van der Waals surface area contributed by atoms with Crippen LogP contribution in [-0.4, -0.2) is 72.2 Å². The van der Waals surface area contributed by atoms with Gasteiger partial charge in [0.2, 0.25) is 0 Å². The first kappa shape index (κ1) is 25.4. The van der Waals surface area contributed by atoms with E-state index in [1.807, 2.05) is 29.0 Å². The monoisotopic (exact) mass is 506 g/mol. The van der Waals surface area contributed by atoms with Gasteiger partial charge in [-0.3, -0.25) is 4.79 Å². The van der Waals surface area contributed by atoms with Gasteiger partial charge in [0.25, 0.3) is 0 Å². The molecule has 0 spiro atoms. The number of methoxy groups -OCH3 is 1. The number of nitrogens with zero attached hydrogens (tertiary/aromatic N) is 4. The molecule has 4 heterocycles. The van der Waals surface area contributed by atoms with Gasteiger partial charge < -0.3 is 24.0 Å². The Labute approximate surface area is 218 Å². The summed E-state index contributed by atoms with van der Waals surface area (Å²) in [6.07, 6.45) is 2.77. The van der Waals surface area contributed by atoms with E-state index in [0.717, 1.165) is 41.0 Å². The van der Waals surface area contributed by atoms with Crippen molar-refractivity contribution < 1.29 is 14.3 Å². The smallest absolute Gasteiger partial charge is 0.339 e. The van der Waals surface area contributed by atoms with Crippen LogP contribution in [0.4, 0.5) is 10.5 Å². The quantitative estimate of drug-likeness (QED) is 0.574. The zero-order chi connectivity index (χ0) is 26.6. The molecule has 2 amide bonds. The number of ether oxygens (including phenoxy) is 1. The molecular weight excluding hydrogens is 468 g/mol. The Morgan fingerprint density at radius 1 is 1.08 bits per heavy atom.